The average Bonchev–Trinajstić information content (AvgIpc) is 2.82. The van der Waals surface area contributed by atoms with Gasteiger partial charge in [-0.2, -0.15) is 5.26 Å². The molecule has 0 aliphatic carbocycles. The molecule has 1 N–H and O–H groups in total. The van der Waals surface area contributed by atoms with Crippen LogP contribution in [0, 0.1) is 11.3 Å². The number of anilines is 1. The van der Waals surface area contributed by atoms with E-state index in [-0.39, 0.29) is 6.04 Å². The third-order valence-corrected chi connectivity index (χ3v) is 3.04. The fourth-order valence-electron chi connectivity index (χ4n) is 1.76. The highest BCUT2D eigenvalue weighted by Crippen LogP contribution is 2.21. The van der Waals surface area contributed by atoms with Crippen LogP contribution in [0.4, 0.5) is 5.69 Å². The van der Waals surface area contributed by atoms with Crippen molar-refractivity contribution in [2.45, 2.75) is 19.5 Å². The number of hydrogen-bond donors (Lipinski definition) is 1. The standard InChI is InChI=1S/C13H13BrN4/c1-10(8-18-5-4-16-9-18)17-13-6-12(14)3-2-11(13)7-15/h2-6,9-10,17H,8H2,1H3. The number of nitrogens with zero attached hydrogens (tertiary/aromatic N) is 3. The first-order valence-corrected chi connectivity index (χ1v) is 6.40. The van der Waals surface area contributed by atoms with Gasteiger partial charge in [-0.25, -0.2) is 4.98 Å². The highest BCUT2D eigenvalue weighted by molar-refractivity contribution is 9.10. The van der Waals surface area contributed by atoms with E-state index in [1.807, 2.05) is 22.9 Å². The van der Waals surface area contributed by atoms with E-state index in [4.69, 9.17) is 5.26 Å². The van der Waals surface area contributed by atoms with Gasteiger partial charge in [0.2, 0.25) is 0 Å². The van der Waals surface area contributed by atoms with Crippen LogP contribution < -0.4 is 5.32 Å². The van der Waals surface area contributed by atoms with E-state index in [0.717, 1.165) is 16.7 Å². The lowest BCUT2D eigenvalue weighted by Gasteiger charge is -2.17. The van der Waals surface area contributed by atoms with Crippen LogP contribution in [0.25, 0.3) is 0 Å². The van der Waals surface area contributed by atoms with Crippen molar-refractivity contribution >= 4 is 21.6 Å². The number of imidazole rings is 1. The maximum Gasteiger partial charge on any atom is 0.101 e. The van der Waals surface area contributed by atoms with Gasteiger partial charge in [-0.05, 0) is 25.1 Å². The van der Waals surface area contributed by atoms with E-state index >= 15 is 0 Å². The number of rotatable bonds is 4. The van der Waals surface area contributed by atoms with Gasteiger partial charge in [0.1, 0.15) is 6.07 Å². The SMILES string of the molecule is CC(Cn1ccnc1)Nc1cc(Br)ccc1C#N. The lowest BCUT2D eigenvalue weighted by Crippen LogP contribution is -2.21. The van der Waals surface area contributed by atoms with Gasteiger partial charge in [0.25, 0.3) is 0 Å². The van der Waals surface area contributed by atoms with Gasteiger partial charge < -0.3 is 9.88 Å². The number of nitriles is 1. The van der Waals surface area contributed by atoms with Crippen LogP contribution in [0.15, 0.2) is 41.4 Å². The zero-order valence-corrected chi connectivity index (χ0v) is 11.6. The zero-order chi connectivity index (χ0) is 13.0. The molecule has 0 saturated heterocycles. The average molecular weight is 305 g/mol. The van der Waals surface area contributed by atoms with E-state index in [1.54, 1.807) is 18.6 Å². The van der Waals surface area contributed by atoms with Gasteiger partial charge in [-0.1, -0.05) is 15.9 Å². The van der Waals surface area contributed by atoms with Gasteiger partial charge in [-0.3, -0.25) is 0 Å². The molecular weight excluding hydrogens is 292 g/mol. The first-order valence-electron chi connectivity index (χ1n) is 5.61. The number of halogens is 1. The summed E-state index contributed by atoms with van der Waals surface area (Å²) in [6.45, 7) is 2.87. The van der Waals surface area contributed by atoms with Crippen molar-refractivity contribution in [2.24, 2.45) is 0 Å². The maximum atomic E-state index is 9.06. The van der Waals surface area contributed by atoms with Crippen LogP contribution in [-0.4, -0.2) is 15.6 Å². The van der Waals surface area contributed by atoms with Crippen LogP contribution in [0.1, 0.15) is 12.5 Å². The zero-order valence-electron chi connectivity index (χ0n) is 9.97. The van der Waals surface area contributed by atoms with Crippen molar-refractivity contribution in [3.8, 4) is 6.07 Å². The van der Waals surface area contributed by atoms with Crippen LogP contribution in [0.3, 0.4) is 0 Å². The molecule has 18 heavy (non-hydrogen) atoms. The molecule has 1 atom stereocenters. The molecule has 1 unspecified atom stereocenters. The number of nitrogens with one attached hydrogen (secondary N) is 1. The molecular formula is C13H13BrN4. The lowest BCUT2D eigenvalue weighted by atomic mass is 10.2. The predicted octanol–water partition coefficient (Wildman–Crippen LogP) is 3.02. The first kappa shape index (κ1) is 12.7. The van der Waals surface area contributed by atoms with Crippen molar-refractivity contribution in [3.05, 3.63) is 47.0 Å². The summed E-state index contributed by atoms with van der Waals surface area (Å²) < 4.78 is 2.96. The Morgan fingerprint density at radius 3 is 3.06 bits per heavy atom. The Kier molecular flexibility index (Phi) is 4.00. The maximum absolute atomic E-state index is 9.06. The number of aromatic nitrogens is 2. The van der Waals surface area contributed by atoms with Gasteiger partial charge in [-0.15, -0.1) is 0 Å². The molecule has 0 spiro atoms. The minimum absolute atomic E-state index is 0.209. The second kappa shape index (κ2) is 5.69. The van der Waals surface area contributed by atoms with E-state index in [9.17, 15) is 0 Å². The first-order chi connectivity index (χ1) is 8.69. The molecule has 1 aromatic heterocycles. The van der Waals surface area contributed by atoms with Crippen molar-refractivity contribution < 1.29 is 0 Å². The Balaban J connectivity index is 2.09. The number of benzene rings is 1. The van der Waals surface area contributed by atoms with Gasteiger partial charge in [0.05, 0.1) is 17.6 Å². The molecule has 92 valence electrons. The molecule has 4 nitrogen and oxygen atoms in total. The molecule has 1 heterocycles. The molecule has 2 rings (SSSR count). The van der Waals surface area contributed by atoms with E-state index in [0.29, 0.717) is 5.56 Å². The van der Waals surface area contributed by atoms with E-state index in [2.05, 4.69) is 39.2 Å². The summed E-state index contributed by atoms with van der Waals surface area (Å²) in [5.74, 6) is 0. The number of hydrogen-bond acceptors (Lipinski definition) is 3. The van der Waals surface area contributed by atoms with Gasteiger partial charge >= 0.3 is 0 Å². The van der Waals surface area contributed by atoms with Crippen molar-refractivity contribution in [1.29, 1.82) is 5.26 Å². The summed E-state index contributed by atoms with van der Waals surface area (Å²) in [6.07, 6.45) is 5.46. The molecule has 5 heteroatoms. The second-order valence-electron chi connectivity index (χ2n) is 4.11. The highest BCUT2D eigenvalue weighted by Gasteiger charge is 2.07. The Labute approximate surface area is 114 Å². The quantitative estimate of drug-likeness (QED) is 0.944. The van der Waals surface area contributed by atoms with Crippen LogP contribution >= 0.6 is 15.9 Å². The summed E-state index contributed by atoms with van der Waals surface area (Å²) in [5.41, 5.74) is 1.50. The summed E-state index contributed by atoms with van der Waals surface area (Å²) in [6, 6.07) is 7.98. The third kappa shape index (κ3) is 3.11. The van der Waals surface area contributed by atoms with Crippen molar-refractivity contribution in [2.75, 3.05) is 5.32 Å². The Hall–Kier alpha value is -1.80. The summed E-state index contributed by atoms with van der Waals surface area (Å²) in [5, 5.41) is 12.4. The fraction of sp³-hybridized carbons (Fsp3) is 0.231. The Bertz CT molecular complexity index is 557. The topological polar surface area (TPSA) is 53.6 Å². The fourth-order valence-corrected chi connectivity index (χ4v) is 2.12. The van der Waals surface area contributed by atoms with Crippen molar-refractivity contribution in [3.63, 3.8) is 0 Å². The minimum atomic E-state index is 0.209. The molecule has 0 aliphatic heterocycles. The minimum Gasteiger partial charge on any atom is -0.380 e. The van der Waals surface area contributed by atoms with Crippen LogP contribution in [0.2, 0.25) is 0 Å². The molecule has 1 aromatic carbocycles. The van der Waals surface area contributed by atoms with E-state index in [1.165, 1.54) is 0 Å². The van der Waals surface area contributed by atoms with E-state index < -0.39 is 0 Å². The molecule has 0 fully saturated rings. The smallest absolute Gasteiger partial charge is 0.101 e. The summed E-state index contributed by atoms with van der Waals surface area (Å²) in [7, 11) is 0. The summed E-state index contributed by atoms with van der Waals surface area (Å²) in [4.78, 5) is 4.01. The summed E-state index contributed by atoms with van der Waals surface area (Å²) >= 11 is 3.41. The van der Waals surface area contributed by atoms with Gasteiger partial charge in [0, 0.05) is 29.5 Å². The molecule has 0 amide bonds. The molecule has 0 radical (unpaired) electrons. The Morgan fingerprint density at radius 1 is 1.56 bits per heavy atom. The Morgan fingerprint density at radius 2 is 2.39 bits per heavy atom. The van der Waals surface area contributed by atoms with Crippen LogP contribution in [-0.2, 0) is 6.54 Å². The van der Waals surface area contributed by atoms with Crippen LogP contribution in [0.5, 0.6) is 0 Å². The van der Waals surface area contributed by atoms with Crippen molar-refractivity contribution in [1.82, 2.24) is 9.55 Å². The highest BCUT2D eigenvalue weighted by atomic mass is 79.9. The molecule has 0 bridgehead atoms. The molecule has 0 saturated carbocycles. The monoisotopic (exact) mass is 304 g/mol. The molecule has 2 aromatic rings. The predicted molar refractivity (Wildman–Crippen MR) is 74.2 cm³/mol. The largest absolute Gasteiger partial charge is 0.380 e. The second-order valence-corrected chi connectivity index (χ2v) is 5.02. The lowest BCUT2D eigenvalue weighted by molar-refractivity contribution is 0.619. The van der Waals surface area contributed by atoms with Gasteiger partial charge in [0.15, 0.2) is 0 Å². The third-order valence-electron chi connectivity index (χ3n) is 2.55. The normalized spacial score (nSPS) is 11.8. The molecule has 0 aliphatic rings.